The SMILES string of the molecule is CCCNCc1cc(S(=O)(=O)NC2CCC2)ccc1F. The average molecular weight is 300 g/mol. The van der Waals surface area contributed by atoms with Crippen molar-refractivity contribution in [3.05, 3.63) is 29.6 Å². The summed E-state index contributed by atoms with van der Waals surface area (Å²) in [4.78, 5) is 0.138. The molecular weight excluding hydrogens is 279 g/mol. The summed E-state index contributed by atoms with van der Waals surface area (Å²) in [5, 5.41) is 3.08. The fraction of sp³-hybridized carbons (Fsp3) is 0.571. The first-order chi connectivity index (χ1) is 9.53. The van der Waals surface area contributed by atoms with Crippen molar-refractivity contribution < 1.29 is 12.8 Å². The van der Waals surface area contributed by atoms with E-state index in [1.54, 1.807) is 0 Å². The van der Waals surface area contributed by atoms with Crippen LogP contribution in [0.4, 0.5) is 4.39 Å². The van der Waals surface area contributed by atoms with E-state index in [2.05, 4.69) is 10.0 Å². The van der Waals surface area contributed by atoms with Crippen molar-refractivity contribution in [2.75, 3.05) is 6.54 Å². The monoisotopic (exact) mass is 300 g/mol. The minimum atomic E-state index is -3.53. The Morgan fingerprint density at radius 2 is 2.10 bits per heavy atom. The number of sulfonamides is 1. The molecule has 0 radical (unpaired) electrons. The van der Waals surface area contributed by atoms with E-state index in [9.17, 15) is 12.8 Å². The van der Waals surface area contributed by atoms with Crippen molar-refractivity contribution >= 4 is 10.0 Å². The van der Waals surface area contributed by atoms with Crippen LogP contribution in [0.25, 0.3) is 0 Å². The standard InChI is InChI=1S/C14H21FN2O2S/c1-2-8-16-10-11-9-13(6-7-14(11)15)20(18,19)17-12-4-3-5-12/h6-7,9,12,16-17H,2-5,8,10H2,1H3. The van der Waals surface area contributed by atoms with Crippen molar-refractivity contribution in [1.82, 2.24) is 10.0 Å². The summed E-state index contributed by atoms with van der Waals surface area (Å²) in [6, 6.07) is 3.99. The third-order valence-electron chi connectivity index (χ3n) is 3.50. The van der Waals surface area contributed by atoms with Gasteiger partial charge in [0.05, 0.1) is 4.90 Å². The fourth-order valence-corrected chi connectivity index (χ4v) is 3.42. The Morgan fingerprint density at radius 3 is 2.70 bits per heavy atom. The molecule has 1 aromatic rings. The van der Waals surface area contributed by atoms with E-state index in [4.69, 9.17) is 0 Å². The lowest BCUT2D eigenvalue weighted by molar-refractivity contribution is 0.383. The second kappa shape index (κ2) is 6.65. The highest BCUT2D eigenvalue weighted by atomic mass is 32.2. The predicted octanol–water partition coefficient (Wildman–Crippen LogP) is 2.16. The van der Waals surface area contributed by atoms with Gasteiger partial charge in [0.2, 0.25) is 10.0 Å². The van der Waals surface area contributed by atoms with Crippen LogP contribution in [-0.2, 0) is 16.6 Å². The maximum Gasteiger partial charge on any atom is 0.240 e. The Morgan fingerprint density at radius 1 is 1.35 bits per heavy atom. The van der Waals surface area contributed by atoms with Gasteiger partial charge in [-0.25, -0.2) is 17.5 Å². The molecule has 20 heavy (non-hydrogen) atoms. The molecule has 6 heteroatoms. The molecule has 1 saturated carbocycles. The number of nitrogens with one attached hydrogen (secondary N) is 2. The highest BCUT2D eigenvalue weighted by Gasteiger charge is 2.25. The lowest BCUT2D eigenvalue weighted by Gasteiger charge is -2.26. The van der Waals surface area contributed by atoms with Crippen molar-refractivity contribution in [3.8, 4) is 0 Å². The van der Waals surface area contributed by atoms with Crippen LogP contribution in [0, 0.1) is 5.82 Å². The molecule has 1 aliphatic rings. The van der Waals surface area contributed by atoms with E-state index in [0.29, 0.717) is 12.1 Å². The largest absolute Gasteiger partial charge is 0.313 e. The van der Waals surface area contributed by atoms with Gasteiger partial charge in [-0.2, -0.15) is 0 Å². The molecule has 0 atom stereocenters. The summed E-state index contributed by atoms with van der Waals surface area (Å²) in [6.45, 7) is 3.13. The quantitative estimate of drug-likeness (QED) is 0.759. The van der Waals surface area contributed by atoms with Crippen molar-refractivity contribution in [1.29, 1.82) is 0 Å². The van der Waals surface area contributed by atoms with Gasteiger partial charge in [-0.15, -0.1) is 0 Å². The first-order valence-corrected chi connectivity index (χ1v) is 8.52. The molecule has 0 bridgehead atoms. The summed E-state index contributed by atoms with van der Waals surface area (Å²) in [6.07, 6.45) is 3.77. The Hall–Kier alpha value is -0.980. The topological polar surface area (TPSA) is 58.2 Å². The van der Waals surface area contributed by atoms with Crippen molar-refractivity contribution in [3.63, 3.8) is 0 Å². The minimum absolute atomic E-state index is 0.0340. The summed E-state index contributed by atoms with van der Waals surface area (Å²) in [5.41, 5.74) is 0.384. The first-order valence-electron chi connectivity index (χ1n) is 7.04. The maximum absolute atomic E-state index is 13.7. The van der Waals surface area contributed by atoms with Gasteiger partial charge in [-0.1, -0.05) is 13.3 Å². The molecule has 0 aromatic heterocycles. The van der Waals surface area contributed by atoms with E-state index in [1.807, 2.05) is 6.92 Å². The Balaban J connectivity index is 2.12. The molecular formula is C14H21FN2O2S. The number of halogens is 1. The molecule has 2 rings (SSSR count). The zero-order valence-electron chi connectivity index (χ0n) is 11.7. The lowest BCUT2D eigenvalue weighted by atomic mass is 9.94. The van der Waals surface area contributed by atoms with Crippen LogP contribution < -0.4 is 10.0 Å². The molecule has 1 fully saturated rings. The van der Waals surface area contributed by atoms with Gasteiger partial charge in [-0.3, -0.25) is 0 Å². The second-order valence-electron chi connectivity index (χ2n) is 5.18. The fourth-order valence-electron chi connectivity index (χ4n) is 2.07. The maximum atomic E-state index is 13.7. The summed E-state index contributed by atoms with van der Waals surface area (Å²) in [7, 11) is -3.53. The van der Waals surface area contributed by atoms with Crippen LogP contribution in [0.15, 0.2) is 23.1 Å². The zero-order chi connectivity index (χ0) is 14.6. The number of hydrogen-bond acceptors (Lipinski definition) is 3. The molecule has 1 aromatic carbocycles. The molecule has 112 valence electrons. The van der Waals surface area contributed by atoms with Gasteiger partial charge >= 0.3 is 0 Å². The van der Waals surface area contributed by atoms with Crippen LogP contribution in [-0.4, -0.2) is 21.0 Å². The molecule has 0 spiro atoms. The second-order valence-corrected chi connectivity index (χ2v) is 6.89. The van der Waals surface area contributed by atoms with Gasteiger partial charge in [0, 0.05) is 18.2 Å². The highest BCUT2D eigenvalue weighted by Crippen LogP contribution is 2.22. The number of hydrogen-bond donors (Lipinski definition) is 2. The van der Waals surface area contributed by atoms with Gasteiger partial charge in [0.15, 0.2) is 0 Å². The van der Waals surface area contributed by atoms with Gasteiger partial charge < -0.3 is 5.32 Å². The minimum Gasteiger partial charge on any atom is -0.313 e. The van der Waals surface area contributed by atoms with Crippen LogP contribution in [0.1, 0.15) is 38.2 Å². The molecule has 1 aliphatic carbocycles. The first kappa shape index (κ1) is 15.4. The molecule has 0 aliphatic heterocycles. The third-order valence-corrected chi connectivity index (χ3v) is 5.01. The Bertz CT molecular complexity index is 556. The van der Waals surface area contributed by atoms with Gasteiger partial charge in [0.25, 0.3) is 0 Å². The number of benzene rings is 1. The van der Waals surface area contributed by atoms with E-state index in [-0.39, 0.29) is 16.8 Å². The number of rotatable bonds is 7. The third kappa shape index (κ3) is 3.77. The normalized spacial score (nSPS) is 16.1. The van der Waals surface area contributed by atoms with Gasteiger partial charge in [-0.05, 0) is 44.0 Å². The van der Waals surface area contributed by atoms with Crippen molar-refractivity contribution in [2.45, 2.75) is 50.1 Å². The van der Waals surface area contributed by atoms with Crippen LogP contribution >= 0.6 is 0 Å². The Labute approximate surface area is 119 Å². The average Bonchev–Trinajstić information content (AvgIpc) is 2.36. The molecule has 0 amide bonds. The van der Waals surface area contributed by atoms with Crippen molar-refractivity contribution in [2.24, 2.45) is 0 Å². The molecule has 4 nitrogen and oxygen atoms in total. The Kier molecular flexibility index (Phi) is 5.12. The summed E-state index contributed by atoms with van der Waals surface area (Å²) in [5.74, 6) is -0.379. The highest BCUT2D eigenvalue weighted by molar-refractivity contribution is 7.89. The van der Waals surface area contributed by atoms with Crippen LogP contribution in [0.5, 0.6) is 0 Å². The van der Waals surface area contributed by atoms with Gasteiger partial charge in [0.1, 0.15) is 5.82 Å². The van der Waals surface area contributed by atoms with E-state index >= 15 is 0 Å². The molecule has 0 unspecified atom stereocenters. The van der Waals surface area contributed by atoms with Crippen LogP contribution in [0.3, 0.4) is 0 Å². The molecule has 0 saturated heterocycles. The van der Waals surface area contributed by atoms with E-state index < -0.39 is 10.0 Å². The van der Waals surface area contributed by atoms with Crippen LogP contribution in [0.2, 0.25) is 0 Å². The predicted molar refractivity (Wildman–Crippen MR) is 76.4 cm³/mol. The molecule has 0 heterocycles. The molecule has 2 N–H and O–H groups in total. The van der Waals surface area contributed by atoms with E-state index in [1.165, 1.54) is 18.2 Å². The summed E-state index contributed by atoms with van der Waals surface area (Å²) < 4.78 is 40.7. The lowest BCUT2D eigenvalue weighted by Crippen LogP contribution is -2.39. The summed E-state index contributed by atoms with van der Waals surface area (Å²) >= 11 is 0. The zero-order valence-corrected chi connectivity index (χ0v) is 12.5. The smallest absolute Gasteiger partial charge is 0.240 e. The van der Waals surface area contributed by atoms with E-state index in [0.717, 1.165) is 32.2 Å².